The summed E-state index contributed by atoms with van der Waals surface area (Å²) in [6, 6.07) is 9.35. The number of rotatable bonds is 5. The number of benzene rings is 1. The lowest BCUT2D eigenvalue weighted by Crippen LogP contribution is -2.22. The molecule has 0 aliphatic carbocycles. The molecule has 1 N–H and O–H groups in total. The number of thiophene rings is 1. The van der Waals surface area contributed by atoms with E-state index in [1.54, 1.807) is 0 Å². The zero-order valence-corrected chi connectivity index (χ0v) is 11.7. The van der Waals surface area contributed by atoms with Crippen molar-refractivity contribution in [2.24, 2.45) is 5.92 Å². The van der Waals surface area contributed by atoms with E-state index < -0.39 is 0 Å². The van der Waals surface area contributed by atoms with E-state index in [-0.39, 0.29) is 0 Å². The maximum absolute atomic E-state index is 3.62. The summed E-state index contributed by atoms with van der Waals surface area (Å²) in [6.07, 6.45) is 1.20. The maximum atomic E-state index is 3.62. The minimum Gasteiger partial charge on any atom is -0.310 e. The van der Waals surface area contributed by atoms with Gasteiger partial charge in [0, 0.05) is 10.7 Å². The molecule has 0 saturated carbocycles. The van der Waals surface area contributed by atoms with Crippen molar-refractivity contribution < 1.29 is 0 Å². The molecule has 1 atom stereocenters. The van der Waals surface area contributed by atoms with Crippen molar-refractivity contribution >= 4 is 21.4 Å². The molecule has 1 unspecified atom stereocenters. The summed E-state index contributed by atoms with van der Waals surface area (Å²) in [5, 5.41) is 7.18. The van der Waals surface area contributed by atoms with Gasteiger partial charge in [0.25, 0.3) is 0 Å². The topological polar surface area (TPSA) is 12.0 Å². The Bertz CT molecular complexity index is 472. The highest BCUT2D eigenvalue weighted by molar-refractivity contribution is 7.17. The first-order valence-electron chi connectivity index (χ1n) is 6.42. The lowest BCUT2D eigenvalue weighted by Gasteiger charge is -2.21. The SMILES string of the molecule is CCNC(CC(C)C)c1cccc2ccsc12. The van der Waals surface area contributed by atoms with Gasteiger partial charge in [-0.15, -0.1) is 11.3 Å². The van der Waals surface area contributed by atoms with Crippen LogP contribution in [0.15, 0.2) is 29.6 Å². The summed E-state index contributed by atoms with van der Waals surface area (Å²) in [7, 11) is 0. The molecule has 2 rings (SSSR count). The third-order valence-corrected chi connectivity index (χ3v) is 4.02. The van der Waals surface area contributed by atoms with E-state index in [1.165, 1.54) is 22.1 Å². The zero-order chi connectivity index (χ0) is 12.3. The number of fused-ring (bicyclic) bond motifs is 1. The molecular formula is C15H21NS. The molecular weight excluding hydrogens is 226 g/mol. The van der Waals surface area contributed by atoms with Gasteiger partial charge in [-0.25, -0.2) is 0 Å². The molecule has 1 heterocycles. The van der Waals surface area contributed by atoms with Crippen molar-refractivity contribution in [3.63, 3.8) is 0 Å². The van der Waals surface area contributed by atoms with Gasteiger partial charge in [0.15, 0.2) is 0 Å². The predicted octanol–water partition coefficient (Wildman–Crippen LogP) is 4.60. The molecule has 0 aliphatic rings. The first-order chi connectivity index (χ1) is 8.22. The summed E-state index contributed by atoms with van der Waals surface area (Å²) < 4.78 is 1.44. The predicted molar refractivity (Wildman–Crippen MR) is 77.7 cm³/mol. The minimum atomic E-state index is 0.488. The van der Waals surface area contributed by atoms with Crippen molar-refractivity contribution in [3.8, 4) is 0 Å². The summed E-state index contributed by atoms with van der Waals surface area (Å²) in [6.45, 7) is 7.79. The highest BCUT2D eigenvalue weighted by Gasteiger charge is 2.15. The molecule has 0 spiro atoms. The van der Waals surface area contributed by atoms with Gasteiger partial charge in [0.1, 0.15) is 0 Å². The Morgan fingerprint density at radius 3 is 2.76 bits per heavy atom. The van der Waals surface area contributed by atoms with E-state index in [1.807, 2.05) is 11.3 Å². The van der Waals surface area contributed by atoms with Crippen LogP contribution < -0.4 is 5.32 Å². The number of nitrogens with one attached hydrogen (secondary N) is 1. The second-order valence-electron chi connectivity index (χ2n) is 4.93. The average Bonchev–Trinajstić information content (AvgIpc) is 2.75. The molecule has 0 aliphatic heterocycles. The molecule has 17 heavy (non-hydrogen) atoms. The molecule has 2 aromatic rings. The summed E-state index contributed by atoms with van der Waals surface area (Å²) in [4.78, 5) is 0. The van der Waals surface area contributed by atoms with Gasteiger partial charge in [-0.3, -0.25) is 0 Å². The second kappa shape index (κ2) is 5.65. The largest absolute Gasteiger partial charge is 0.310 e. The number of hydrogen-bond acceptors (Lipinski definition) is 2. The van der Waals surface area contributed by atoms with Crippen LogP contribution in [0, 0.1) is 5.92 Å². The third kappa shape index (κ3) is 2.88. The van der Waals surface area contributed by atoms with Crippen LogP contribution in [0.5, 0.6) is 0 Å². The standard InChI is InChI=1S/C15H21NS/c1-4-16-14(10-11(2)3)13-7-5-6-12-8-9-17-15(12)13/h5-9,11,14,16H,4,10H2,1-3H3. The second-order valence-corrected chi connectivity index (χ2v) is 5.84. The van der Waals surface area contributed by atoms with Crippen molar-refractivity contribution in [3.05, 3.63) is 35.2 Å². The van der Waals surface area contributed by atoms with Crippen LogP contribution in [-0.2, 0) is 0 Å². The normalized spacial score (nSPS) is 13.4. The average molecular weight is 247 g/mol. The van der Waals surface area contributed by atoms with E-state index >= 15 is 0 Å². The van der Waals surface area contributed by atoms with Gasteiger partial charge in [0.2, 0.25) is 0 Å². The third-order valence-electron chi connectivity index (χ3n) is 3.04. The Balaban J connectivity index is 2.36. The maximum Gasteiger partial charge on any atom is 0.0390 e. The molecule has 0 amide bonds. The zero-order valence-electron chi connectivity index (χ0n) is 10.9. The molecule has 0 bridgehead atoms. The Morgan fingerprint density at radius 1 is 1.24 bits per heavy atom. The Labute approximate surface area is 108 Å². The van der Waals surface area contributed by atoms with Gasteiger partial charge in [-0.05, 0) is 41.3 Å². The van der Waals surface area contributed by atoms with Crippen LogP contribution in [0.1, 0.15) is 38.8 Å². The smallest absolute Gasteiger partial charge is 0.0390 e. The monoisotopic (exact) mass is 247 g/mol. The quantitative estimate of drug-likeness (QED) is 0.814. The van der Waals surface area contributed by atoms with Crippen LogP contribution in [0.2, 0.25) is 0 Å². The Morgan fingerprint density at radius 2 is 2.06 bits per heavy atom. The van der Waals surface area contributed by atoms with E-state index in [9.17, 15) is 0 Å². The summed E-state index contributed by atoms with van der Waals surface area (Å²) in [5.74, 6) is 0.717. The first-order valence-corrected chi connectivity index (χ1v) is 7.29. The summed E-state index contributed by atoms with van der Waals surface area (Å²) >= 11 is 1.86. The molecule has 0 radical (unpaired) electrons. The van der Waals surface area contributed by atoms with Crippen LogP contribution in [0.4, 0.5) is 0 Å². The fourth-order valence-electron chi connectivity index (χ4n) is 2.33. The van der Waals surface area contributed by atoms with Crippen LogP contribution in [0.25, 0.3) is 10.1 Å². The van der Waals surface area contributed by atoms with Crippen LogP contribution >= 0.6 is 11.3 Å². The highest BCUT2D eigenvalue weighted by Crippen LogP contribution is 2.31. The van der Waals surface area contributed by atoms with E-state index in [2.05, 4.69) is 55.7 Å². The molecule has 2 heteroatoms. The molecule has 1 aromatic carbocycles. The van der Waals surface area contributed by atoms with Crippen molar-refractivity contribution in [2.75, 3.05) is 6.54 Å². The van der Waals surface area contributed by atoms with Gasteiger partial charge < -0.3 is 5.32 Å². The fourth-order valence-corrected chi connectivity index (χ4v) is 3.30. The van der Waals surface area contributed by atoms with Crippen LogP contribution in [-0.4, -0.2) is 6.54 Å². The van der Waals surface area contributed by atoms with E-state index in [0.29, 0.717) is 12.0 Å². The van der Waals surface area contributed by atoms with E-state index in [4.69, 9.17) is 0 Å². The molecule has 0 fully saturated rings. The van der Waals surface area contributed by atoms with Crippen LogP contribution in [0.3, 0.4) is 0 Å². The van der Waals surface area contributed by atoms with E-state index in [0.717, 1.165) is 6.54 Å². The number of hydrogen-bond donors (Lipinski definition) is 1. The van der Waals surface area contributed by atoms with Gasteiger partial charge in [-0.1, -0.05) is 39.0 Å². The highest BCUT2D eigenvalue weighted by atomic mass is 32.1. The minimum absolute atomic E-state index is 0.488. The molecule has 1 aromatic heterocycles. The van der Waals surface area contributed by atoms with Gasteiger partial charge in [-0.2, -0.15) is 0 Å². The van der Waals surface area contributed by atoms with Gasteiger partial charge in [0.05, 0.1) is 0 Å². The molecule has 92 valence electrons. The lowest BCUT2D eigenvalue weighted by molar-refractivity contribution is 0.441. The van der Waals surface area contributed by atoms with Crippen molar-refractivity contribution in [1.29, 1.82) is 0 Å². The van der Waals surface area contributed by atoms with Gasteiger partial charge >= 0.3 is 0 Å². The lowest BCUT2D eigenvalue weighted by atomic mass is 9.96. The van der Waals surface area contributed by atoms with Crippen molar-refractivity contribution in [1.82, 2.24) is 5.32 Å². The van der Waals surface area contributed by atoms with Crippen molar-refractivity contribution in [2.45, 2.75) is 33.2 Å². The fraction of sp³-hybridized carbons (Fsp3) is 0.467. The first kappa shape index (κ1) is 12.6. The Kier molecular flexibility index (Phi) is 4.19. The molecule has 0 saturated heterocycles. The summed E-state index contributed by atoms with van der Waals surface area (Å²) in [5.41, 5.74) is 1.47. The molecule has 1 nitrogen and oxygen atoms in total. The Hall–Kier alpha value is -0.860.